The Morgan fingerprint density at radius 2 is 2.04 bits per heavy atom. The Bertz CT molecular complexity index is 758. The third kappa shape index (κ3) is 5.30. The van der Waals surface area contributed by atoms with Crippen LogP contribution in [0.1, 0.15) is 50.0 Å². The molecule has 2 aromatic rings. The number of carbonyl (C=O) groups excluding carboxylic acids is 1. The molecule has 1 atom stereocenters. The van der Waals surface area contributed by atoms with E-state index >= 15 is 0 Å². The number of carbonyl (C=O) groups is 1. The zero-order chi connectivity index (χ0) is 19.9. The van der Waals surface area contributed by atoms with Crippen molar-refractivity contribution in [2.75, 3.05) is 12.9 Å². The lowest BCUT2D eigenvalue weighted by Crippen LogP contribution is -2.40. The number of hydrogen-bond acceptors (Lipinski definition) is 8. The molecule has 0 amide bonds. The van der Waals surface area contributed by atoms with Gasteiger partial charge in [-0.05, 0) is 67.0 Å². The third-order valence-corrected chi connectivity index (χ3v) is 5.77. The maximum absolute atomic E-state index is 12.0. The molecular weight excluding hydrogens is 376 g/mol. The molecule has 1 aromatic carbocycles. The maximum Gasteiger partial charge on any atom is 0.327 e. The summed E-state index contributed by atoms with van der Waals surface area (Å²) in [5, 5.41) is 15.8. The van der Waals surface area contributed by atoms with E-state index in [0.717, 1.165) is 31.2 Å². The van der Waals surface area contributed by atoms with E-state index in [0.29, 0.717) is 18.5 Å². The Balaban J connectivity index is 1.85. The Kier molecular flexibility index (Phi) is 7.41. The van der Waals surface area contributed by atoms with Gasteiger partial charge in [0.2, 0.25) is 0 Å². The highest BCUT2D eigenvalue weighted by molar-refractivity contribution is 7.98. The highest BCUT2D eigenvalue weighted by Gasteiger charge is 2.27. The molecule has 3 rings (SSSR count). The fourth-order valence-electron chi connectivity index (χ4n) is 3.50. The molecule has 3 N–H and O–H groups in total. The van der Waals surface area contributed by atoms with Gasteiger partial charge in [0.25, 0.3) is 0 Å². The van der Waals surface area contributed by atoms with Crippen molar-refractivity contribution in [2.45, 2.75) is 62.2 Å². The molecule has 1 fully saturated rings. The van der Waals surface area contributed by atoms with Crippen molar-refractivity contribution >= 4 is 17.7 Å². The lowest BCUT2D eigenvalue weighted by atomic mass is 9.90. The second-order valence-corrected chi connectivity index (χ2v) is 7.86. The van der Waals surface area contributed by atoms with Gasteiger partial charge in [-0.2, -0.15) is 0 Å². The summed E-state index contributed by atoms with van der Waals surface area (Å²) in [5.74, 6) is 0.260. The number of benzene rings is 1. The van der Waals surface area contributed by atoms with Crippen molar-refractivity contribution in [3.05, 3.63) is 35.7 Å². The van der Waals surface area contributed by atoms with Crippen LogP contribution in [0.2, 0.25) is 0 Å². The molecule has 1 aliphatic carbocycles. The van der Waals surface area contributed by atoms with E-state index < -0.39 is 0 Å². The number of thioether (sulfide) groups is 1. The van der Waals surface area contributed by atoms with Crippen LogP contribution in [0, 0.1) is 0 Å². The predicted molar refractivity (Wildman–Crippen MR) is 108 cm³/mol. The van der Waals surface area contributed by atoms with Crippen LogP contribution in [0.15, 0.2) is 29.2 Å². The van der Waals surface area contributed by atoms with Crippen molar-refractivity contribution in [3.63, 3.8) is 0 Å². The fraction of sp³-hybridized carbons (Fsp3) is 0.579. The third-order valence-electron chi connectivity index (χ3n) is 5.03. The molecule has 0 spiro atoms. The molecule has 0 bridgehead atoms. The minimum Gasteiger partial charge on any atom is -0.465 e. The number of tetrazole rings is 1. The summed E-state index contributed by atoms with van der Waals surface area (Å²) in [5.41, 5.74) is 7.12. The summed E-state index contributed by atoms with van der Waals surface area (Å²) in [6.07, 6.45) is 6.09. The van der Waals surface area contributed by atoms with Crippen LogP contribution >= 0.6 is 11.8 Å². The van der Waals surface area contributed by atoms with Gasteiger partial charge < -0.3 is 15.8 Å². The lowest BCUT2D eigenvalue weighted by Gasteiger charge is -2.30. The largest absolute Gasteiger partial charge is 0.465 e. The van der Waals surface area contributed by atoms with E-state index in [1.807, 2.05) is 0 Å². The smallest absolute Gasteiger partial charge is 0.327 e. The summed E-state index contributed by atoms with van der Waals surface area (Å²) in [6, 6.07) is 8.75. The minimum absolute atomic E-state index is 0.00715. The van der Waals surface area contributed by atoms with Crippen molar-refractivity contribution in [1.29, 1.82) is 0 Å². The molecule has 8 nitrogen and oxygen atoms in total. The van der Waals surface area contributed by atoms with Gasteiger partial charge in [0.1, 0.15) is 6.54 Å². The summed E-state index contributed by atoms with van der Waals surface area (Å²) in [7, 11) is 0. The minimum atomic E-state index is -0.351. The molecule has 1 saturated carbocycles. The highest BCUT2D eigenvalue weighted by Crippen LogP contribution is 2.26. The molecule has 28 heavy (non-hydrogen) atoms. The van der Waals surface area contributed by atoms with Crippen LogP contribution in [0.25, 0.3) is 0 Å². The van der Waals surface area contributed by atoms with Gasteiger partial charge in [0.05, 0.1) is 12.6 Å². The Morgan fingerprint density at radius 3 is 2.68 bits per heavy atom. The van der Waals surface area contributed by atoms with Gasteiger partial charge in [-0.25, -0.2) is 4.68 Å². The molecule has 0 radical (unpaired) electrons. The van der Waals surface area contributed by atoms with Gasteiger partial charge in [0, 0.05) is 17.0 Å². The van der Waals surface area contributed by atoms with E-state index in [1.54, 1.807) is 18.7 Å². The van der Waals surface area contributed by atoms with Crippen molar-refractivity contribution in [2.24, 2.45) is 5.73 Å². The average molecular weight is 405 g/mol. The quantitative estimate of drug-likeness (QED) is 0.507. The van der Waals surface area contributed by atoms with Crippen LogP contribution in [0.3, 0.4) is 0 Å². The number of rotatable bonds is 8. The molecule has 1 aromatic heterocycles. The molecule has 1 unspecified atom stereocenters. The molecule has 0 aliphatic heterocycles. The number of esters is 1. The van der Waals surface area contributed by atoms with Crippen LogP contribution in [0.4, 0.5) is 0 Å². The first-order valence-electron chi connectivity index (χ1n) is 9.68. The number of nitrogens with one attached hydrogen (secondary N) is 1. The Morgan fingerprint density at radius 1 is 1.32 bits per heavy atom. The highest BCUT2D eigenvalue weighted by atomic mass is 32.2. The number of aromatic nitrogens is 4. The molecule has 1 aliphatic rings. The number of ether oxygens (including phenoxy) is 1. The molecule has 0 saturated heterocycles. The Hall–Kier alpha value is -1.97. The van der Waals surface area contributed by atoms with Crippen LogP contribution in [-0.4, -0.2) is 51.1 Å². The second kappa shape index (κ2) is 9.99. The summed E-state index contributed by atoms with van der Waals surface area (Å²) < 4.78 is 6.58. The molecule has 152 valence electrons. The van der Waals surface area contributed by atoms with Gasteiger partial charge >= 0.3 is 5.97 Å². The van der Waals surface area contributed by atoms with E-state index in [-0.39, 0.29) is 24.6 Å². The summed E-state index contributed by atoms with van der Waals surface area (Å²) in [6.45, 7) is 2.10. The van der Waals surface area contributed by atoms with E-state index in [1.165, 1.54) is 9.58 Å². The van der Waals surface area contributed by atoms with Crippen molar-refractivity contribution in [3.8, 4) is 0 Å². The monoisotopic (exact) mass is 404 g/mol. The first-order valence-corrected chi connectivity index (χ1v) is 10.9. The normalized spacial score (nSPS) is 20.7. The van der Waals surface area contributed by atoms with Crippen molar-refractivity contribution in [1.82, 2.24) is 25.5 Å². The summed E-state index contributed by atoms with van der Waals surface area (Å²) in [4.78, 5) is 13.1. The topological polar surface area (TPSA) is 108 Å². The SMILES string of the molecule is CCOC(=O)Cn1nnnc1C(NC1CCC(N)CC1)c1ccc(SC)cc1. The zero-order valence-corrected chi connectivity index (χ0v) is 17.2. The summed E-state index contributed by atoms with van der Waals surface area (Å²) >= 11 is 1.70. The maximum atomic E-state index is 12.0. The fourth-order valence-corrected chi connectivity index (χ4v) is 3.91. The van der Waals surface area contributed by atoms with Gasteiger partial charge in [-0.15, -0.1) is 16.9 Å². The van der Waals surface area contributed by atoms with E-state index in [2.05, 4.69) is 51.4 Å². The first-order chi connectivity index (χ1) is 13.6. The molecule has 1 heterocycles. The zero-order valence-electron chi connectivity index (χ0n) is 16.4. The second-order valence-electron chi connectivity index (χ2n) is 6.98. The van der Waals surface area contributed by atoms with E-state index in [9.17, 15) is 4.79 Å². The lowest BCUT2D eigenvalue weighted by molar-refractivity contribution is -0.144. The van der Waals surface area contributed by atoms with Gasteiger partial charge in [0.15, 0.2) is 5.82 Å². The van der Waals surface area contributed by atoms with Crippen molar-refractivity contribution < 1.29 is 9.53 Å². The number of hydrogen-bond donors (Lipinski definition) is 2. The van der Waals surface area contributed by atoms with Gasteiger partial charge in [-0.1, -0.05) is 12.1 Å². The average Bonchev–Trinajstić information content (AvgIpc) is 3.15. The van der Waals surface area contributed by atoms with Crippen LogP contribution in [0.5, 0.6) is 0 Å². The molecule has 9 heteroatoms. The van der Waals surface area contributed by atoms with Crippen LogP contribution < -0.4 is 11.1 Å². The van der Waals surface area contributed by atoms with Gasteiger partial charge in [-0.3, -0.25) is 4.79 Å². The van der Waals surface area contributed by atoms with E-state index in [4.69, 9.17) is 10.5 Å². The number of nitrogens with two attached hydrogens (primary N) is 1. The Labute approximate surface area is 169 Å². The first kappa shape index (κ1) is 20.8. The standard InChI is InChI=1S/C19H28N6O2S/c1-3-27-17(26)12-25-19(22-23-24-25)18(13-4-10-16(28-2)11-5-13)21-15-8-6-14(20)7-9-15/h4-5,10-11,14-15,18,21H,3,6-9,12,20H2,1-2H3. The number of nitrogens with zero attached hydrogens (tertiary/aromatic N) is 4. The molecular formula is C19H28N6O2S. The van der Waals surface area contributed by atoms with Crippen LogP contribution in [-0.2, 0) is 16.1 Å². The predicted octanol–water partition coefficient (Wildman–Crippen LogP) is 1.91.